The van der Waals surface area contributed by atoms with Gasteiger partial charge in [0.2, 0.25) is 0 Å². The number of fused-ring (bicyclic) bond motifs is 1. The van der Waals surface area contributed by atoms with Crippen LogP contribution in [0, 0.1) is 13.8 Å². The molecule has 9 nitrogen and oxygen atoms in total. The standard InChI is InChI=1S/C22H29N5O4/c1-6-12-26-17-9-7-8-10-18(17)27(22(26)30)13-11-19(28)31-16(4)21(29)23-20-14(2)24-25(5)15(20)3/h7-10,16H,6,11-13H2,1-5H3,(H,23,29)/t16-/m0/s1. The number of imidazole rings is 1. The van der Waals surface area contributed by atoms with E-state index in [2.05, 4.69) is 10.4 Å². The van der Waals surface area contributed by atoms with E-state index in [0.29, 0.717) is 17.9 Å². The Bertz CT molecular complexity index is 1170. The van der Waals surface area contributed by atoms with Crippen LogP contribution in [0.1, 0.15) is 38.1 Å². The van der Waals surface area contributed by atoms with Crippen LogP contribution < -0.4 is 11.0 Å². The molecule has 0 aliphatic carbocycles. The summed E-state index contributed by atoms with van der Waals surface area (Å²) in [5.41, 5.74) is 3.59. The molecule has 0 radical (unpaired) electrons. The summed E-state index contributed by atoms with van der Waals surface area (Å²) in [6.07, 6.45) is -0.147. The number of hydrogen-bond donors (Lipinski definition) is 1. The number of rotatable bonds is 8. The molecule has 3 aromatic rings. The second-order valence-corrected chi connectivity index (χ2v) is 7.62. The van der Waals surface area contributed by atoms with E-state index in [-0.39, 0.29) is 18.7 Å². The van der Waals surface area contributed by atoms with Gasteiger partial charge in [0.1, 0.15) is 0 Å². The maximum Gasteiger partial charge on any atom is 0.329 e. The fourth-order valence-electron chi connectivity index (χ4n) is 3.62. The molecule has 2 aromatic heterocycles. The number of nitrogens with zero attached hydrogens (tertiary/aromatic N) is 4. The molecule has 166 valence electrons. The van der Waals surface area contributed by atoms with Gasteiger partial charge < -0.3 is 10.1 Å². The molecule has 1 aromatic carbocycles. The molecular formula is C22H29N5O4. The number of aromatic nitrogens is 4. The van der Waals surface area contributed by atoms with Gasteiger partial charge in [-0.1, -0.05) is 19.1 Å². The average molecular weight is 428 g/mol. The Morgan fingerprint density at radius 3 is 2.29 bits per heavy atom. The number of amides is 1. The van der Waals surface area contributed by atoms with Gasteiger partial charge in [-0.25, -0.2) is 4.79 Å². The summed E-state index contributed by atoms with van der Waals surface area (Å²) in [7, 11) is 1.79. The fourth-order valence-corrected chi connectivity index (χ4v) is 3.62. The van der Waals surface area contributed by atoms with Crippen LogP contribution in [0.25, 0.3) is 11.0 Å². The second kappa shape index (κ2) is 9.20. The van der Waals surface area contributed by atoms with Gasteiger partial charge >= 0.3 is 11.7 Å². The summed E-state index contributed by atoms with van der Waals surface area (Å²) in [4.78, 5) is 37.6. The van der Waals surface area contributed by atoms with Crippen molar-refractivity contribution in [1.82, 2.24) is 18.9 Å². The van der Waals surface area contributed by atoms with Crippen LogP contribution >= 0.6 is 0 Å². The molecule has 1 atom stereocenters. The van der Waals surface area contributed by atoms with Crippen molar-refractivity contribution in [2.45, 2.75) is 59.7 Å². The van der Waals surface area contributed by atoms with Gasteiger partial charge in [0.25, 0.3) is 5.91 Å². The number of benzene rings is 1. The molecule has 3 rings (SSSR count). The summed E-state index contributed by atoms with van der Waals surface area (Å²) < 4.78 is 10.3. The Balaban J connectivity index is 1.64. The molecule has 0 aliphatic heterocycles. The van der Waals surface area contributed by atoms with Crippen molar-refractivity contribution < 1.29 is 14.3 Å². The number of ether oxygens (including phenoxy) is 1. The minimum absolute atomic E-state index is 0.0113. The first-order chi connectivity index (χ1) is 14.7. The van der Waals surface area contributed by atoms with Crippen molar-refractivity contribution in [1.29, 1.82) is 0 Å². The molecule has 1 amide bonds. The van der Waals surface area contributed by atoms with Crippen molar-refractivity contribution in [3.63, 3.8) is 0 Å². The van der Waals surface area contributed by atoms with Crippen LogP contribution in [-0.4, -0.2) is 36.9 Å². The van der Waals surface area contributed by atoms with E-state index in [1.807, 2.05) is 38.1 Å². The van der Waals surface area contributed by atoms with Crippen LogP contribution in [0.4, 0.5) is 5.69 Å². The largest absolute Gasteiger partial charge is 0.452 e. The lowest BCUT2D eigenvalue weighted by molar-refractivity contribution is -0.153. The van der Waals surface area contributed by atoms with E-state index < -0.39 is 18.0 Å². The lowest BCUT2D eigenvalue weighted by atomic mass is 10.3. The maximum absolute atomic E-state index is 12.8. The van der Waals surface area contributed by atoms with Crippen LogP contribution in [-0.2, 0) is 34.5 Å². The first kappa shape index (κ1) is 22.3. The van der Waals surface area contributed by atoms with Crippen molar-refractivity contribution in [2.24, 2.45) is 7.05 Å². The third kappa shape index (κ3) is 4.55. The molecule has 2 heterocycles. The van der Waals surface area contributed by atoms with E-state index in [0.717, 1.165) is 23.1 Å². The van der Waals surface area contributed by atoms with Gasteiger partial charge in [-0.15, -0.1) is 0 Å². The summed E-state index contributed by atoms with van der Waals surface area (Å²) in [5.74, 6) is -0.967. The van der Waals surface area contributed by atoms with E-state index in [4.69, 9.17) is 4.74 Å². The topological polar surface area (TPSA) is 100 Å². The highest BCUT2D eigenvalue weighted by atomic mass is 16.5. The van der Waals surface area contributed by atoms with Crippen molar-refractivity contribution in [3.8, 4) is 0 Å². The SMILES string of the molecule is CCCn1c(=O)n(CCC(=O)O[C@@H](C)C(=O)Nc2c(C)nn(C)c2C)c2ccccc21. The maximum atomic E-state index is 12.8. The van der Waals surface area contributed by atoms with Gasteiger partial charge in [-0.3, -0.25) is 23.4 Å². The quantitative estimate of drug-likeness (QED) is 0.557. The predicted molar refractivity (Wildman–Crippen MR) is 118 cm³/mol. The first-order valence-electron chi connectivity index (χ1n) is 10.4. The summed E-state index contributed by atoms with van der Waals surface area (Å²) in [5, 5.41) is 7.03. The van der Waals surface area contributed by atoms with Gasteiger partial charge in [0, 0.05) is 20.1 Å². The predicted octanol–water partition coefficient (Wildman–Crippen LogP) is 2.52. The third-order valence-corrected chi connectivity index (χ3v) is 5.35. The zero-order valence-corrected chi connectivity index (χ0v) is 18.6. The van der Waals surface area contributed by atoms with Crippen LogP contribution in [0.15, 0.2) is 29.1 Å². The Morgan fingerprint density at radius 1 is 1.13 bits per heavy atom. The van der Waals surface area contributed by atoms with Crippen molar-refractivity contribution in [2.75, 3.05) is 5.32 Å². The van der Waals surface area contributed by atoms with E-state index in [1.165, 1.54) is 6.92 Å². The minimum atomic E-state index is -0.968. The molecule has 0 unspecified atom stereocenters. The number of hydrogen-bond acceptors (Lipinski definition) is 5. The second-order valence-electron chi connectivity index (χ2n) is 7.62. The molecule has 0 bridgehead atoms. The molecule has 0 saturated carbocycles. The van der Waals surface area contributed by atoms with E-state index >= 15 is 0 Å². The number of esters is 1. The Labute approximate surface area is 180 Å². The zero-order chi connectivity index (χ0) is 22.7. The molecular weight excluding hydrogens is 398 g/mol. The number of nitrogens with one attached hydrogen (secondary N) is 1. The van der Waals surface area contributed by atoms with Crippen LogP contribution in [0.5, 0.6) is 0 Å². The Kier molecular flexibility index (Phi) is 6.62. The van der Waals surface area contributed by atoms with Gasteiger partial charge in [0.05, 0.1) is 34.5 Å². The van der Waals surface area contributed by atoms with Crippen LogP contribution in [0.2, 0.25) is 0 Å². The molecule has 0 spiro atoms. The minimum Gasteiger partial charge on any atom is -0.452 e. The summed E-state index contributed by atoms with van der Waals surface area (Å²) in [6, 6.07) is 7.51. The number of carbonyl (C=O) groups excluding carboxylic acids is 2. The van der Waals surface area contributed by atoms with Gasteiger partial charge in [0.15, 0.2) is 6.10 Å². The molecule has 0 fully saturated rings. The van der Waals surface area contributed by atoms with Crippen LogP contribution in [0.3, 0.4) is 0 Å². The lowest BCUT2D eigenvalue weighted by Crippen LogP contribution is -2.31. The zero-order valence-electron chi connectivity index (χ0n) is 18.6. The Hall–Kier alpha value is -3.36. The summed E-state index contributed by atoms with van der Waals surface area (Å²) in [6.45, 7) is 7.97. The summed E-state index contributed by atoms with van der Waals surface area (Å²) >= 11 is 0. The monoisotopic (exact) mass is 427 g/mol. The molecule has 1 N–H and O–H groups in total. The van der Waals surface area contributed by atoms with Crippen molar-refractivity contribution >= 4 is 28.6 Å². The molecule has 31 heavy (non-hydrogen) atoms. The fraction of sp³-hybridized carbons (Fsp3) is 0.455. The smallest absolute Gasteiger partial charge is 0.329 e. The average Bonchev–Trinajstić information content (AvgIpc) is 3.14. The third-order valence-electron chi connectivity index (χ3n) is 5.35. The molecule has 9 heteroatoms. The number of aryl methyl sites for hydroxylation is 4. The van der Waals surface area contributed by atoms with Gasteiger partial charge in [-0.05, 0) is 39.3 Å². The molecule has 0 saturated heterocycles. The normalized spacial score (nSPS) is 12.2. The number of anilines is 1. The van der Waals surface area contributed by atoms with E-state index in [1.54, 1.807) is 27.8 Å². The van der Waals surface area contributed by atoms with Crippen molar-refractivity contribution in [3.05, 3.63) is 46.1 Å². The van der Waals surface area contributed by atoms with E-state index in [9.17, 15) is 14.4 Å². The highest BCUT2D eigenvalue weighted by Crippen LogP contribution is 2.19. The Morgan fingerprint density at radius 2 is 1.74 bits per heavy atom. The molecule has 0 aliphatic rings. The highest BCUT2D eigenvalue weighted by molar-refractivity contribution is 5.96. The van der Waals surface area contributed by atoms with Gasteiger partial charge in [-0.2, -0.15) is 5.10 Å². The lowest BCUT2D eigenvalue weighted by Gasteiger charge is -2.14. The first-order valence-corrected chi connectivity index (χ1v) is 10.4. The number of para-hydroxylation sites is 2. The number of carbonyl (C=O) groups is 2. The highest BCUT2D eigenvalue weighted by Gasteiger charge is 2.21.